The summed E-state index contributed by atoms with van der Waals surface area (Å²) in [5, 5.41) is -0.137. The number of esters is 2. The zero-order valence-corrected chi connectivity index (χ0v) is 15.4. The number of benzene rings is 2. The Hall–Kier alpha value is -3.06. The summed E-state index contributed by atoms with van der Waals surface area (Å²) in [5.74, 6) is -3.68. The molecule has 0 radical (unpaired) electrons. The zero-order chi connectivity index (χ0) is 20.3. The molecule has 0 atom stereocenters. The van der Waals surface area contributed by atoms with Crippen LogP contribution < -0.4 is 0 Å². The van der Waals surface area contributed by atoms with E-state index >= 15 is 0 Å². The third-order valence-corrected chi connectivity index (χ3v) is 4.06. The Morgan fingerprint density at radius 2 is 1.89 bits per heavy atom. The monoisotopic (exact) mass is 405 g/mol. The van der Waals surface area contributed by atoms with Crippen LogP contribution in [-0.4, -0.2) is 24.4 Å². The number of nitrogens with zero attached hydrogens (tertiary/aromatic N) is 1. The third kappa shape index (κ3) is 4.26. The topological polar surface area (TPSA) is 65.0 Å². The smallest absolute Gasteiger partial charge is 0.363 e. The predicted molar refractivity (Wildman–Crippen MR) is 99.0 cm³/mol. The molecule has 2 aromatic rings. The molecule has 0 bridgehead atoms. The van der Waals surface area contributed by atoms with Gasteiger partial charge in [-0.05, 0) is 42.3 Å². The van der Waals surface area contributed by atoms with E-state index in [2.05, 4.69) is 4.99 Å². The summed E-state index contributed by atoms with van der Waals surface area (Å²) in [7, 11) is 0. The Balaban J connectivity index is 1.84. The summed E-state index contributed by atoms with van der Waals surface area (Å²) in [6.07, 6.45) is 2.16. The highest BCUT2D eigenvalue weighted by molar-refractivity contribution is 6.34. The van der Waals surface area contributed by atoms with Crippen molar-refractivity contribution in [2.75, 3.05) is 6.61 Å². The maximum Gasteiger partial charge on any atom is 0.363 e. The van der Waals surface area contributed by atoms with Crippen LogP contribution in [0.25, 0.3) is 6.08 Å². The van der Waals surface area contributed by atoms with Crippen molar-refractivity contribution >= 4 is 35.5 Å². The van der Waals surface area contributed by atoms with Gasteiger partial charge < -0.3 is 9.47 Å². The molecule has 0 spiro atoms. The standard InChI is InChI=1S/C20H14ClF2NO4/c1-2-7-27-19(25)12-5-3-11(4-6-12)8-17-20(26)28-18(24-17)13-9-15(22)16(23)10-14(13)21/h3-6,8-10H,2,7H2,1H3/b17-8-. The number of aliphatic imine (C=N–C) groups is 1. The van der Waals surface area contributed by atoms with Crippen molar-refractivity contribution in [1.29, 1.82) is 0 Å². The average molecular weight is 406 g/mol. The van der Waals surface area contributed by atoms with Crippen molar-refractivity contribution in [3.8, 4) is 0 Å². The van der Waals surface area contributed by atoms with Crippen LogP contribution in [-0.2, 0) is 14.3 Å². The van der Waals surface area contributed by atoms with Gasteiger partial charge in [-0.1, -0.05) is 30.7 Å². The second kappa shape index (κ2) is 8.31. The lowest BCUT2D eigenvalue weighted by Crippen LogP contribution is -2.07. The van der Waals surface area contributed by atoms with Gasteiger partial charge in [0.25, 0.3) is 0 Å². The molecule has 8 heteroatoms. The highest BCUT2D eigenvalue weighted by Gasteiger charge is 2.26. The molecule has 0 saturated heterocycles. The lowest BCUT2D eigenvalue weighted by molar-refractivity contribution is -0.129. The first-order chi connectivity index (χ1) is 13.4. The van der Waals surface area contributed by atoms with Gasteiger partial charge in [0.1, 0.15) is 0 Å². The Labute approximate surface area is 164 Å². The normalized spacial score (nSPS) is 14.8. The third-order valence-electron chi connectivity index (χ3n) is 3.75. The largest absolute Gasteiger partial charge is 0.462 e. The predicted octanol–water partition coefficient (Wildman–Crippen LogP) is 4.53. The van der Waals surface area contributed by atoms with Gasteiger partial charge in [0.2, 0.25) is 5.90 Å². The molecule has 0 unspecified atom stereocenters. The molecule has 0 N–H and O–H groups in total. The Morgan fingerprint density at radius 3 is 2.57 bits per heavy atom. The van der Waals surface area contributed by atoms with E-state index in [1.54, 1.807) is 24.3 Å². The van der Waals surface area contributed by atoms with Crippen LogP contribution in [0, 0.1) is 11.6 Å². The fourth-order valence-corrected chi connectivity index (χ4v) is 2.59. The summed E-state index contributed by atoms with van der Waals surface area (Å²) in [4.78, 5) is 27.8. The van der Waals surface area contributed by atoms with Gasteiger partial charge in [-0.3, -0.25) is 0 Å². The molecule has 0 amide bonds. The highest BCUT2D eigenvalue weighted by atomic mass is 35.5. The second-order valence-corrected chi connectivity index (χ2v) is 6.25. The zero-order valence-electron chi connectivity index (χ0n) is 14.7. The molecular weight excluding hydrogens is 392 g/mol. The number of ether oxygens (including phenoxy) is 2. The van der Waals surface area contributed by atoms with Crippen LogP contribution in [0.1, 0.15) is 34.8 Å². The number of halogens is 3. The summed E-state index contributed by atoms with van der Waals surface area (Å²) in [5.41, 5.74) is 0.881. The van der Waals surface area contributed by atoms with Gasteiger partial charge in [-0.25, -0.2) is 23.4 Å². The Bertz CT molecular complexity index is 1000. The molecule has 5 nitrogen and oxygen atoms in total. The van der Waals surface area contributed by atoms with E-state index in [1.807, 2.05) is 6.92 Å². The fraction of sp³-hybridized carbons (Fsp3) is 0.150. The quantitative estimate of drug-likeness (QED) is 0.416. The van der Waals surface area contributed by atoms with Gasteiger partial charge in [0.05, 0.1) is 22.8 Å². The SMILES string of the molecule is CCCOC(=O)c1ccc(/C=C2\N=C(c3cc(F)c(F)cc3Cl)OC2=O)cc1. The molecular formula is C20H14ClF2NO4. The van der Waals surface area contributed by atoms with Crippen molar-refractivity contribution in [2.45, 2.75) is 13.3 Å². The van der Waals surface area contributed by atoms with Gasteiger partial charge in [-0.2, -0.15) is 0 Å². The lowest BCUT2D eigenvalue weighted by Gasteiger charge is -2.03. The number of carbonyl (C=O) groups excluding carboxylic acids is 2. The van der Waals surface area contributed by atoms with Crippen molar-refractivity contribution in [3.05, 3.63) is 75.4 Å². The summed E-state index contributed by atoms with van der Waals surface area (Å²) in [6, 6.07) is 7.93. The van der Waals surface area contributed by atoms with E-state index < -0.39 is 23.6 Å². The molecule has 144 valence electrons. The van der Waals surface area contributed by atoms with Crippen LogP contribution in [0.3, 0.4) is 0 Å². The average Bonchev–Trinajstić information content (AvgIpc) is 3.03. The number of cyclic esters (lactones) is 1. The van der Waals surface area contributed by atoms with E-state index in [9.17, 15) is 18.4 Å². The molecule has 1 heterocycles. The molecule has 0 fully saturated rings. The van der Waals surface area contributed by atoms with E-state index in [0.717, 1.165) is 18.6 Å². The van der Waals surface area contributed by atoms with Crippen LogP contribution in [0.4, 0.5) is 8.78 Å². The Kier molecular flexibility index (Phi) is 5.84. The maximum absolute atomic E-state index is 13.5. The molecule has 1 aliphatic rings. The van der Waals surface area contributed by atoms with E-state index in [0.29, 0.717) is 17.7 Å². The first-order valence-corrected chi connectivity index (χ1v) is 8.71. The van der Waals surface area contributed by atoms with Crippen molar-refractivity contribution in [3.63, 3.8) is 0 Å². The number of hydrogen-bond donors (Lipinski definition) is 0. The summed E-state index contributed by atoms with van der Waals surface area (Å²) >= 11 is 5.88. The van der Waals surface area contributed by atoms with Gasteiger partial charge in [0.15, 0.2) is 17.3 Å². The second-order valence-electron chi connectivity index (χ2n) is 5.84. The molecule has 0 saturated carbocycles. The molecule has 1 aliphatic heterocycles. The van der Waals surface area contributed by atoms with Crippen molar-refractivity contribution in [2.24, 2.45) is 4.99 Å². The number of carbonyl (C=O) groups is 2. The van der Waals surface area contributed by atoms with E-state index in [4.69, 9.17) is 21.1 Å². The van der Waals surface area contributed by atoms with Gasteiger partial charge >= 0.3 is 11.9 Å². The Morgan fingerprint density at radius 1 is 1.21 bits per heavy atom. The summed E-state index contributed by atoms with van der Waals surface area (Å²) < 4.78 is 36.7. The van der Waals surface area contributed by atoms with Crippen LogP contribution in [0.2, 0.25) is 5.02 Å². The van der Waals surface area contributed by atoms with Gasteiger partial charge in [0, 0.05) is 0 Å². The van der Waals surface area contributed by atoms with Crippen molar-refractivity contribution < 1.29 is 27.8 Å². The maximum atomic E-state index is 13.5. The molecule has 28 heavy (non-hydrogen) atoms. The first-order valence-electron chi connectivity index (χ1n) is 8.33. The van der Waals surface area contributed by atoms with E-state index in [1.165, 1.54) is 6.08 Å². The van der Waals surface area contributed by atoms with Crippen LogP contribution >= 0.6 is 11.6 Å². The van der Waals surface area contributed by atoms with Gasteiger partial charge in [-0.15, -0.1) is 0 Å². The molecule has 3 rings (SSSR count). The summed E-state index contributed by atoms with van der Waals surface area (Å²) in [6.45, 7) is 2.23. The molecule has 0 aliphatic carbocycles. The fourth-order valence-electron chi connectivity index (χ4n) is 2.36. The minimum Gasteiger partial charge on any atom is -0.462 e. The lowest BCUT2D eigenvalue weighted by atomic mass is 10.1. The minimum atomic E-state index is -1.14. The van der Waals surface area contributed by atoms with Crippen molar-refractivity contribution in [1.82, 2.24) is 0 Å². The molecule has 0 aromatic heterocycles. The molecule has 2 aromatic carbocycles. The first kappa shape index (κ1) is 19.7. The highest BCUT2D eigenvalue weighted by Crippen LogP contribution is 2.26. The number of rotatable bonds is 5. The van der Waals surface area contributed by atoms with Crippen LogP contribution in [0.5, 0.6) is 0 Å². The minimum absolute atomic E-state index is 0.0358. The number of hydrogen-bond acceptors (Lipinski definition) is 5. The van der Waals surface area contributed by atoms with Crippen LogP contribution in [0.15, 0.2) is 47.1 Å². The van der Waals surface area contributed by atoms with E-state index in [-0.39, 0.29) is 22.2 Å².